The van der Waals surface area contributed by atoms with Crippen LogP contribution in [0.5, 0.6) is 0 Å². The third-order valence-corrected chi connectivity index (χ3v) is 3.44. The summed E-state index contributed by atoms with van der Waals surface area (Å²) in [7, 11) is 3.85. The van der Waals surface area contributed by atoms with Gasteiger partial charge in [0.05, 0.1) is 13.2 Å². The van der Waals surface area contributed by atoms with Crippen LogP contribution < -0.4 is 5.32 Å². The molecule has 1 N–H and O–H groups in total. The summed E-state index contributed by atoms with van der Waals surface area (Å²) in [6.07, 6.45) is 0. The fourth-order valence-electron chi connectivity index (χ4n) is 1.98. The number of rotatable bonds is 7. The molecule has 1 aromatic heterocycles. The van der Waals surface area contributed by atoms with E-state index >= 15 is 0 Å². The third kappa shape index (κ3) is 5.65. The van der Waals surface area contributed by atoms with Gasteiger partial charge in [-0.25, -0.2) is 0 Å². The lowest BCUT2D eigenvalue weighted by atomic mass is 10.1. The minimum Gasteiger partial charge on any atom is -0.465 e. The largest absolute Gasteiger partial charge is 0.465 e. The van der Waals surface area contributed by atoms with Crippen LogP contribution in [0.2, 0.25) is 0 Å². The van der Waals surface area contributed by atoms with Gasteiger partial charge in [0.1, 0.15) is 11.5 Å². The van der Waals surface area contributed by atoms with Gasteiger partial charge in [0.15, 0.2) is 0 Å². The molecule has 0 fully saturated rings. The van der Waals surface area contributed by atoms with E-state index in [0.29, 0.717) is 6.04 Å². The fraction of sp³-hybridized carbons (Fsp3) is 0.750. The lowest BCUT2D eigenvalue weighted by molar-refractivity contribution is 0.111. The molecule has 1 unspecified atom stereocenters. The van der Waals surface area contributed by atoms with E-state index in [0.717, 1.165) is 31.2 Å². The maximum absolute atomic E-state index is 5.83. The first-order valence-electron chi connectivity index (χ1n) is 7.25. The van der Waals surface area contributed by atoms with Crippen LogP contribution in [-0.2, 0) is 17.8 Å². The minimum atomic E-state index is 0.102. The van der Waals surface area contributed by atoms with E-state index < -0.39 is 0 Å². The van der Waals surface area contributed by atoms with E-state index in [1.54, 1.807) is 7.11 Å². The van der Waals surface area contributed by atoms with Gasteiger partial charge in [-0.1, -0.05) is 0 Å². The number of aryl methyl sites for hydroxylation is 1. The highest BCUT2D eigenvalue weighted by molar-refractivity contribution is 5.21. The summed E-state index contributed by atoms with van der Waals surface area (Å²) in [5.41, 5.74) is 1.35. The van der Waals surface area contributed by atoms with Crippen molar-refractivity contribution in [3.8, 4) is 0 Å². The van der Waals surface area contributed by atoms with Crippen molar-refractivity contribution in [3.63, 3.8) is 0 Å². The molecule has 1 aromatic rings. The molecule has 0 bridgehead atoms. The molecule has 0 aromatic carbocycles. The second-order valence-electron chi connectivity index (χ2n) is 6.62. The van der Waals surface area contributed by atoms with Gasteiger partial charge in [-0.15, -0.1) is 0 Å². The summed E-state index contributed by atoms with van der Waals surface area (Å²) in [6.45, 7) is 13.1. The molecule has 20 heavy (non-hydrogen) atoms. The van der Waals surface area contributed by atoms with Gasteiger partial charge in [0, 0.05) is 30.8 Å². The lowest BCUT2D eigenvalue weighted by Crippen LogP contribution is -2.34. The quantitative estimate of drug-likeness (QED) is 0.834. The number of hydrogen-bond acceptors (Lipinski definition) is 4. The van der Waals surface area contributed by atoms with E-state index in [1.165, 1.54) is 5.56 Å². The van der Waals surface area contributed by atoms with Crippen molar-refractivity contribution in [2.24, 2.45) is 0 Å². The summed E-state index contributed by atoms with van der Waals surface area (Å²) < 4.78 is 11.0. The van der Waals surface area contributed by atoms with Crippen molar-refractivity contribution < 1.29 is 9.15 Å². The Balaban J connectivity index is 2.61. The molecule has 116 valence electrons. The number of methoxy groups -OCH3 is 1. The van der Waals surface area contributed by atoms with Crippen LogP contribution in [0.3, 0.4) is 0 Å². The molecule has 0 spiro atoms. The topological polar surface area (TPSA) is 37.6 Å². The second-order valence-corrected chi connectivity index (χ2v) is 6.62. The average Bonchev–Trinajstić information content (AvgIpc) is 2.67. The van der Waals surface area contributed by atoms with Crippen molar-refractivity contribution in [3.05, 3.63) is 23.2 Å². The second kappa shape index (κ2) is 7.25. The molecule has 1 heterocycles. The van der Waals surface area contributed by atoms with Gasteiger partial charge >= 0.3 is 0 Å². The Morgan fingerprint density at radius 1 is 1.40 bits per heavy atom. The monoisotopic (exact) mass is 282 g/mol. The van der Waals surface area contributed by atoms with E-state index in [2.05, 4.69) is 51.0 Å². The van der Waals surface area contributed by atoms with Crippen LogP contribution in [-0.4, -0.2) is 37.2 Å². The number of likely N-dealkylation sites (N-methyl/N-ethyl adjacent to an activating group) is 1. The van der Waals surface area contributed by atoms with Gasteiger partial charge in [-0.2, -0.15) is 0 Å². The molecule has 0 aliphatic heterocycles. The van der Waals surface area contributed by atoms with E-state index in [4.69, 9.17) is 9.15 Å². The predicted molar refractivity (Wildman–Crippen MR) is 82.8 cm³/mol. The van der Waals surface area contributed by atoms with Crippen LogP contribution in [0.25, 0.3) is 0 Å². The standard InChI is InChI=1S/C16H30N2O2/c1-12(11-19-7)18(6)10-14-8-15(20-13(14)2)9-17-16(3,4)5/h8,12,17H,9-11H2,1-7H3. The summed E-state index contributed by atoms with van der Waals surface area (Å²) in [4.78, 5) is 2.28. The molecule has 0 aliphatic rings. The Labute approximate surface area is 123 Å². The molecule has 0 amide bonds. The summed E-state index contributed by atoms with van der Waals surface area (Å²) >= 11 is 0. The first kappa shape index (κ1) is 17.2. The summed E-state index contributed by atoms with van der Waals surface area (Å²) in [5, 5.41) is 3.45. The number of ether oxygens (including phenoxy) is 1. The fourth-order valence-corrected chi connectivity index (χ4v) is 1.98. The lowest BCUT2D eigenvalue weighted by Gasteiger charge is -2.23. The van der Waals surface area contributed by atoms with Crippen LogP contribution in [0.4, 0.5) is 0 Å². The number of nitrogens with zero attached hydrogens (tertiary/aromatic N) is 1. The van der Waals surface area contributed by atoms with Crippen LogP contribution >= 0.6 is 0 Å². The van der Waals surface area contributed by atoms with E-state index in [9.17, 15) is 0 Å². The molecular weight excluding hydrogens is 252 g/mol. The van der Waals surface area contributed by atoms with Crippen LogP contribution in [0.15, 0.2) is 10.5 Å². The number of furan rings is 1. The Morgan fingerprint density at radius 3 is 2.60 bits per heavy atom. The van der Waals surface area contributed by atoms with Crippen molar-refractivity contribution in [2.45, 2.75) is 59.3 Å². The Kier molecular flexibility index (Phi) is 6.24. The summed E-state index contributed by atoms with van der Waals surface area (Å²) in [5.74, 6) is 2.01. The molecule has 0 saturated carbocycles. The maximum Gasteiger partial charge on any atom is 0.118 e. The molecule has 4 nitrogen and oxygen atoms in total. The molecule has 4 heteroatoms. The highest BCUT2D eigenvalue weighted by Gasteiger charge is 2.15. The Bertz CT molecular complexity index is 407. The van der Waals surface area contributed by atoms with E-state index in [1.807, 2.05) is 6.92 Å². The van der Waals surface area contributed by atoms with E-state index in [-0.39, 0.29) is 5.54 Å². The highest BCUT2D eigenvalue weighted by atomic mass is 16.5. The molecule has 1 atom stereocenters. The van der Waals surface area contributed by atoms with Crippen LogP contribution in [0.1, 0.15) is 44.8 Å². The Hall–Kier alpha value is -0.840. The molecule has 1 rings (SSSR count). The predicted octanol–water partition coefficient (Wildman–Crippen LogP) is 2.94. The third-order valence-electron chi connectivity index (χ3n) is 3.44. The molecule has 0 saturated heterocycles. The Morgan fingerprint density at radius 2 is 2.05 bits per heavy atom. The number of hydrogen-bond donors (Lipinski definition) is 1. The van der Waals surface area contributed by atoms with Gasteiger partial charge in [0.25, 0.3) is 0 Å². The van der Waals surface area contributed by atoms with Crippen molar-refractivity contribution >= 4 is 0 Å². The number of nitrogens with one attached hydrogen (secondary N) is 1. The smallest absolute Gasteiger partial charge is 0.118 e. The van der Waals surface area contributed by atoms with Crippen molar-refractivity contribution in [1.29, 1.82) is 0 Å². The minimum absolute atomic E-state index is 0.102. The zero-order valence-electron chi connectivity index (χ0n) is 14.0. The SMILES string of the molecule is COCC(C)N(C)Cc1cc(CNC(C)(C)C)oc1C. The van der Waals surface area contributed by atoms with Gasteiger partial charge in [-0.3, -0.25) is 4.90 Å². The zero-order valence-corrected chi connectivity index (χ0v) is 14.0. The van der Waals surface area contributed by atoms with Crippen molar-refractivity contribution in [2.75, 3.05) is 20.8 Å². The molecule has 0 radical (unpaired) electrons. The average molecular weight is 282 g/mol. The normalized spacial score (nSPS) is 14.0. The first-order chi connectivity index (χ1) is 9.23. The molecule has 0 aliphatic carbocycles. The zero-order chi connectivity index (χ0) is 15.3. The maximum atomic E-state index is 5.83. The summed E-state index contributed by atoms with van der Waals surface area (Å²) in [6, 6.07) is 2.55. The molecular formula is C16H30N2O2. The highest BCUT2D eigenvalue weighted by Crippen LogP contribution is 2.18. The van der Waals surface area contributed by atoms with Crippen LogP contribution in [0, 0.1) is 6.92 Å². The van der Waals surface area contributed by atoms with Gasteiger partial charge in [-0.05, 0) is 47.7 Å². The first-order valence-corrected chi connectivity index (χ1v) is 7.25. The van der Waals surface area contributed by atoms with Gasteiger partial charge in [0.2, 0.25) is 0 Å². The van der Waals surface area contributed by atoms with Crippen molar-refractivity contribution in [1.82, 2.24) is 10.2 Å². The van der Waals surface area contributed by atoms with Gasteiger partial charge < -0.3 is 14.5 Å².